The van der Waals surface area contributed by atoms with Gasteiger partial charge in [0.05, 0.1) is 6.61 Å². The van der Waals surface area contributed by atoms with Crippen LogP contribution < -0.4 is 0 Å². The third-order valence-electron chi connectivity index (χ3n) is 3.34. The topological polar surface area (TPSA) is 12.5 Å². The molecule has 0 amide bonds. The Labute approximate surface area is 107 Å². The molecule has 0 rings (SSSR count). The van der Waals surface area contributed by atoms with E-state index in [0.717, 1.165) is 25.4 Å². The number of hydrogen-bond donors (Lipinski definition) is 1. The van der Waals surface area contributed by atoms with Gasteiger partial charge in [-0.1, -0.05) is 27.7 Å². The maximum atomic E-state index is 5.23. The van der Waals surface area contributed by atoms with Gasteiger partial charge in [-0.05, 0) is 30.6 Å². The summed E-state index contributed by atoms with van der Waals surface area (Å²) in [5.74, 6) is 1.56. The Morgan fingerprint density at radius 2 is 1.88 bits per heavy atom. The fourth-order valence-electron chi connectivity index (χ4n) is 1.86. The van der Waals surface area contributed by atoms with Crippen LogP contribution in [0.4, 0.5) is 0 Å². The summed E-state index contributed by atoms with van der Waals surface area (Å²) >= 11 is 4.49. The van der Waals surface area contributed by atoms with Gasteiger partial charge < -0.3 is 4.74 Å². The van der Waals surface area contributed by atoms with Crippen molar-refractivity contribution in [2.75, 3.05) is 32.6 Å². The molecule has 98 valence electrons. The Morgan fingerprint density at radius 3 is 2.19 bits per heavy atom. The minimum Gasteiger partial charge on any atom is -0.383 e. The lowest BCUT2D eigenvalue weighted by Gasteiger charge is -2.36. The largest absolute Gasteiger partial charge is 0.383 e. The highest BCUT2D eigenvalue weighted by Gasteiger charge is 2.26. The van der Waals surface area contributed by atoms with Crippen LogP contribution in [0.3, 0.4) is 0 Å². The van der Waals surface area contributed by atoms with Gasteiger partial charge in [0.2, 0.25) is 0 Å². The highest BCUT2D eigenvalue weighted by Crippen LogP contribution is 2.28. The van der Waals surface area contributed by atoms with E-state index in [4.69, 9.17) is 4.74 Å². The molecule has 0 aromatic carbocycles. The number of hydrogen-bond acceptors (Lipinski definition) is 3. The van der Waals surface area contributed by atoms with Crippen LogP contribution in [-0.4, -0.2) is 43.5 Å². The summed E-state index contributed by atoms with van der Waals surface area (Å²) in [5.41, 5.74) is 0.321. The predicted octanol–water partition coefficient (Wildman–Crippen LogP) is 2.94. The summed E-state index contributed by atoms with van der Waals surface area (Å²) in [5, 5.41) is 0. The molecule has 0 aliphatic heterocycles. The molecule has 0 N–H and O–H groups in total. The van der Waals surface area contributed by atoms with Gasteiger partial charge in [0.1, 0.15) is 0 Å². The van der Waals surface area contributed by atoms with Gasteiger partial charge in [0.15, 0.2) is 0 Å². The van der Waals surface area contributed by atoms with Gasteiger partial charge in [0.25, 0.3) is 0 Å². The van der Waals surface area contributed by atoms with E-state index in [0.29, 0.717) is 17.4 Å². The van der Waals surface area contributed by atoms with Crippen LogP contribution >= 0.6 is 12.6 Å². The molecule has 2 unspecified atom stereocenters. The zero-order valence-electron chi connectivity index (χ0n) is 11.8. The second kappa shape index (κ2) is 7.57. The SMILES string of the molecule is CCN(CC(CS)C(C)(C)C)C(C)COC. The molecule has 0 radical (unpaired) electrons. The minimum atomic E-state index is 0.321. The third-order valence-corrected chi connectivity index (χ3v) is 3.78. The van der Waals surface area contributed by atoms with Crippen LogP contribution in [0.15, 0.2) is 0 Å². The third kappa shape index (κ3) is 5.55. The average Bonchev–Trinajstić information content (AvgIpc) is 2.17. The van der Waals surface area contributed by atoms with E-state index in [1.807, 2.05) is 0 Å². The first-order chi connectivity index (χ1) is 7.36. The Kier molecular flexibility index (Phi) is 7.70. The molecular formula is C13H29NOS. The average molecular weight is 247 g/mol. The number of nitrogens with zero attached hydrogens (tertiary/aromatic N) is 1. The predicted molar refractivity (Wildman–Crippen MR) is 75.4 cm³/mol. The zero-order valence-corrected chi connectivity index (χ0v) is 12.7. The van der Waals surface area contributed by atoms with Gasteiger partial charge in [-0.15, -0.1) is 0 Å². The molecule has 3 heteroatoms. The van der Waals surface area contributed by atoms with Crippen molar-refractivity contribution in [1.29, 1.82) is 0 Å². The van der Waals surface area contributed by atoms with E-state index in [1.165, 1.54) is 0 Å². The molecule has 0 saturated carbocycles. The van der Waals surface area contributed by atoms with Gasteiger partial charge in [-0.3, -0.25) is 4.90 Å². The van der Waals surface area contributed by atoms with Gasteiger partial charge in [-0.25, -0.2) is 0 Å². The highest BCUT2D eigenvalue weighted by molar-refractivity contribution is 7.80. The van der Waals surface area contributed by atoms with Crippen LogP contribution in [0.5, 0.6) is 0 Å². The molecule has 2 atom stereocenters. The summed E-state index contributed by atoms with van der Waals surface area (Å²) in [6, 6.07) is 0.486. The first-order valence-corrected chi connectivity index (χ1v) is 6.83. The van der Waals surface area contributed by atoms with E-state index in [2.05, 4.69) is 52.1 Å². The number of likely N-dealkylation sites (N-methyl/N-ethyl adjacent to an activating group) is 1. The van der Waals surface area contributed by atoms with E-state index in [-0.39, 0.29) is 0 Å². The van der Waals surface area contributed by atoms with Crippen LogP contribution in [0.25, 0.3) is 0 Å². The molecule has 0 aromatic heterocycles. The molecule has 2 nitrogen and oxygen atoms in total. The lowest BCUT2D eigenvalue weighted by Crippen LogP contribution is -2.43. The maximum absolute atomic E-state index is 5.23. The fourth-order valence-corrected chi connectivity index (χ4v) is 2.52. The molecule has 0 aromatic rings. The van der Waals surface area contributed by atoms with E-state index >= 15 is 0 Å². The summed E-state index contributed by atoms with van der Waals surface area (Å²) in [6.45, 7) is 14.3. The van der Waals surface area contributed by atoms with Gasteiger partial charge in [-0.2, -0.15) is 12.6 Å². The fraction of sp³-hybridized carbons (Fsp3) is 1.00. The molecule has 0 aliphatic carbocycles. The first kappa shape index (κ1) is 16.3. The van der Waals surface area contributed by atoms with Crippen LogP contribution in [-0.2, 0) is 4.74 Å². The zero-order chi connectivity index (χ0) is 12.8. The summed E-state index contributed by atoms with van der Waals surface area (Å²) in [6.07, 6.45) is 0. The summed E-state index contributed by atoms with van der Waals surface area (Å²) in [4.78, 5) is 2.48. The second-order valence-corrected chi connectivity index (χ2v) is 6.00. The Morgan fingerprint density at radius 1 is 1.31 bits per heavy atom. The Hall–Kier alpha value is 0.270. The standard InChI is InChI=1S/C13H29NOS/c1-7-14(11(2)9-15-6)8-12(10-16)13(3,4)5/h11-12,16H,7-10H2,1-6H3. The number of methoxy groups -OCH3 is 1. The lowest BCUT2D eigenvalue weighted by molar-refractivity contribution is 0.0770. The van der Waals surface area contributed by atoms with Crippen LogP contribution in [0.1, 0.15) is 34.6 Å². The van der Waals surface area contributed by atoms with Crippen molar-refractivity contribution in [2.45, 2.75) is 40.7 Å². The summed E-state index contributed by atoms with van der Waals surface area (Å²) in [7, 11) is 1.77. The van der Waals surface area contributed by atoms with Crippen molar-refractivity contribution < 1.29 is 4.74 Å². The Bertz CT molecular complexity index is 179. The quantitative estimate of drug-likeness (QED) is 0.695. The minimum absolute atomic E-state index is 0.321. The molecule has 16 heavy (non-hydrogen) atoms. The number of ether oxygens (including phenoxy) is 1. The van der Waals surface area contributed by atoms with Crippen LogP contribution in [0.2, 0.25) is 0 Å². The lowest BCUT2D eigenvalue weighted by atomic mass is 9.81. The van der Waals surface area contributed by atoms with Crippen LogP contribution in [0, 0.1) is 11.3 Å². The summed E-state index contributed by atoms with van der Waals surface area (Å²) < 4.78 is 5.23. The van der Waals surface area contributed by atoms with E-state index in [9.17, 15) is 0 Å². The normalized spacial score (nSPS) is 16.5. The van der Waals surface area contributed by atoms with Crippen molar-refractivity contribution >= 4 is 12.6 Å². The molecule has 0 spiro atoms. The maximum Gasteiger partial charge on any atom is 0.0615 e. The number of rotatable bonds is 7. The smallest absolute Gasteiger partial charge is 0.0615 e. The molecule has 0 bridgehead atoms. The monoisotopic (exact) mass is 247 g/mol. The number of thiol groups is 1. The van der Waals surface area contributed by atoms with Crippen molar-refractivity contribution in [3.05, 3.63) is 0 Å². The Balaban J connectivity index is 4.39. The first-order valence-electron chi connectivity index (χ1n) is 6.20. The van der Waals surface area contributed by atoms with E-state index in [1.54, 1.807) is 7.11 Å². The van der Waals surface area contributed by atoms with Gasteiger partial charge in [0, 0.05) is 19.7 Å². The second-order valence-electron chi connectivity index (χ2n) is 5.64. The van der Waals surface area contributed by atoms with Gasteiger partial charge >= 0.3 is 0 Å². The molecule has 0 heterocycles. The molecule has 0 fully saturated rings. The van der Waals surface area contributed by atoms with Crippen molar-refractivity contribution in [1.82, 2.24) is 4.90 Å². The molecule has 0 aliphatic rings. The molecular weight excluding hydrogens is 218 g/mol. The van der Waals surface area contributed by atoms with E-state index < -0.39 is 0 Å². The van der Waals surface area contributed by atoms with Crippen molar-refractivity contribution in [2.24, 2.45) is 11.3 Å². The van der Waals surface area contributed by atoms with Crippen molar-refractivity contribution in [3.8, 4) is 0 Å². The molecule has 0 saturated heterocycles. The van der Waals surface area contributed by atoms with Crippen molar-refractivity contribution in [3.63, 3.8) is 0 Å². The highest BCUT2D eigenvalue weighted by atomic mass is 32.1.